The molecule has 0 bridgehead atoms. The second kappa shape index (κ2) is 19.1. The summed E-state index contributed by atoms with van der Waals surface area (Å²) in [6.07, 6.45) is 0. The maximum atomic E-state index is 2.47. The molecule has 73 heavy (non-hydrogen) atoms. The SMILES string of the molecule is c1ccc(-c2ccc(-c3ccc(N(c4cccc(-c5cccc(N(c6ccccc6-c6ccccc6)c6cccc7c6sc6ccccc67)c5)c4)c4cccc(-c5ccc6ccccc6c5)c4)cc3)cc2)cc1. The third kappa shape index (κ3) is 8.52. The van der Waals surface area contributed by atoms with Crippen molar-refractivity contribution in [2.45, 2.75) is 0 Å². The average Bonchev–Trinajstić information content (AvgIpc) is 3.86. The molecule has 13 aromatic rings. The van der Waals surface area contributed by atoms with Crippen LogP contribution in [0.5, 0.6) is 0 Å². The third-order valence-corrected chi connectivity index (χ3v) is 15.2. The Morgan fingerprint density at radius 1 is 0.233 bits per heavy atom. The summed E-state index contributed by atoms with van der Waals surface area (Å²) in [5.41, 5.74) is 18.3. The van der Waals surface area contributed by atoms with Gasteiger partial charge in [-0.05, 0) is 134 Å². The van der Waals surface area contributed by atoms with Crippen molar-refractivity contribution in [2.75, 3.05) is 9.80 Å². The van der Waals surface area contributed by atoms with Gasteiger partial charge < -0.3 is 9.80 Å². The van der Waals surface area contributed by atoms with Gasteiger partial charge in [-0.25, -0.2) is 0 Å². The minimum absolute atomic E-state index is 1.07. The van der Waals surface area contributed by atoms with Crippen molar-refractivity contribution in [1.82, 2.24) is 0 Å². The number of rotatable bonds is 11. The van der Waals surface area contributed by atoms with E-state index in [9.17, 15) is 0 Å². The van der Waals surface area contributed by atoms with Crippen molar-refractivity contribution in [3.8, 4) is 55.6 Å². The van der Waals surface area contributed by atoms with Crippen LogP contribution in [0.15, 0.2) is 291 Å². The molecule has 0 saturated heterocycles. The van der Waals surface area contributed by atoms with Gasteiger partial charge in [0, 0.05) is 43.8 Å². The van der Waals surface area contributed by atoms with Crippen LogP contribution in [0, 0.1) is 0 Å². The molecule has 1 heterocycles. The molecule has 0 saturated carbocycles. The number of thiophene rings is 1. The standard InChI is InChI=1S/C70H48N2S/c1-3-17-49(18-4-1)51-35-37-52(38-36-51)53-41-43-60(44-42-53)71(62-27-14-25-58(47-62)59-40-39-50-19-7-8-22-55(50)45-59)61-26-13-23-56(46-61)57-24-15-28-63(48-57)72(67-32-11-9-29-64(67)54-20-5-2-6-21-54)68-33-16-31-66-65-30-10-12-34-69(65)73-70(66)68/h1-48H. The quantitative estimate of drug-likeness (QED) is 0.127. The van der Waals surface area contributed by atoms with Crippen LogP contribution in [0.4, 0.5) is 34.1 Å². The van der Waals surface area contributed by atoms with E-state index < -0.39 is 0 Å². The Morgan fingerprint density at radius 2 is 0.671 bits per heavy atom. The van der Waals surface area contributed by atoms with Gasteiger partial charge >= 0.3 is 0 Å². The Labute approximate surface area is 430 Å². The van der Waals surface area contributed by atoms with Crippen LogP contribution < -0.4 is 9.80 Å². The fourth-order valence-electron chi connectivity index (χ4n) is 10.4. The van der Waals surface area contributed by atoms with E-state index in [0.717, 1.165) is 50.8 Å². The highest BCUT2D eigenvalue weighted by Gasteiger charge is 2.22. The summed E-state index contributed by atoms with van der Waals surface area (Å²) < 4.78 is 2.54. The van der Waals surface area contributed by atoms with Crippen LogP contribution in [0.1, 0.15) is 0 Å². The van der Waals surface area contributed by atoms with Crippen molar-refractivity contribution < 1.29 is 0 Å². The Morgan fingerprint density at radius 3 is 1.33 bits per heavy atom. The van der Waals surface area contributed by atoms with Gasteiger partial charge in [0.05, 0.1) is 16.1 Å². The van der Waals surface area contributed by atoms with Gasteiger partial charge in [0.25, 0.3) is 0 Å². The number of anilines is 6. The van der Waals surface area contributed by atoms with E-state index >= 15 is 0 Å². The van der Waals surface area contributed by atoms with Crippen molar-refractivity contribution >= 4 is 76.4 Å². The van der Waals surface area contributed by atoms with Crippen LogP contribution in [0.25, 0.3) is 86.6 Å². The predicted octanol–water partition coefficient (Wildman–Crippen LogP) is 20.5. The van der Waals surface area contributed by atoms with Crippen molar-refractivity contribution in [1.29, 1.82) is 0 Å². The highest BCUT2D eigenvalue weighted by atomic mass is 32.1. The van der Waals surface area contributed by atoms with Crippen LogP contribution >= 0.6 is 11.3 Å². The topological polar surface area (TPSA) is 6.48 Å². The number of hydrogen-bond acceptors (Lipinski definition) is 3. The molecule has 0 aliphatic rings. The van der Waals surface area contributed by atoms with E-state index in [0.29, 0.717) is 0 Å². The van der Waals surface area contributed by atoms with Gasteiger partial charge in [-0.15, -0.1) is 11.3 Å². The van der Waals surface area contributed by atoms with E-state index in [-0.39, 0.29) is 0 Å². The lowest BCUT2D eigenvalue weighted by molar-refractivity contribution is 1.28. The largest absolute Gasteiger partial charge is 0.310 e. The second-order valence-corrected chi connectivity index (χ2v) is 19.6. The molecule has 0 aliphatic carbocycles. The smallest absolute Gasteiger partial charge is 0.0640 e. The first-order valence-corrected chi connectivity index (χ1v) is 25.7. The first-order chi connectivity index (χ1) is 36.2. The predicted molar refractivity (Wildman–Crippen MR) is 313 cm³/mol. The highest BCUT2D eigenvalue weighted by molar-refractivity contribution is 7.26. The zero-order valence-corrected chi connectivity index (χ0v) is 40.8. The summed E-state index contributed by atoms with van der Waals surface area (Å²) in [7, 11) is 0. The molecule has 13 rings (SSSR count). The van der Waals surface area contributed by atoms with E-state index in [1.54, 1.807) is 0 Å². The maximum absolute atomic E-state index is 2.47. The molecule has 0 N–H and O–H groups in total. The molecule has 2 nitrogen and oxygen atoms in total. The summed E-state index contributed by atoms with van der Waals surface area (Å²) >= 11 is 1.86. The van der Waals surface area contributed by atoms with E-state index in [4.69, 9.17) is 0 Å². The summed E-state index contributed by atoms with van der Waals surface area (Å²) in [5, 5.41) is 5.01. The number of fused-ring (bicyclic) bond motifs is 4. The molecular formula is C70H48N2S. The van der Waals surface area contributed by atoms with Gasteiger partial charge in [0.1, 0.15) is 0 Å². The van der Waals surface area contributed by atoms with Gasteiger partial charge in [-0.3, -0.25) is 0 Å². The molecule has 0 unspecified atom stereocenters. The summed E-state index contributed by atoms with van der Waals surface area (Å²) in [6, 6.07) is 106. The first-order valence-electron chi connectivity index (χ1n) is 24.9. The fraction of sp³-hybridized carbons (Fsp3) is 0. The molecule has 344 valence electrons. The molecule has 0 spiro atoms. The Bertz CT molecular complexity index is 4080. The zero-order chi connectivity index (χ0) is 48.5. The van der Waals surface area contributed by atoms with Gasteiger partial charge in [-0.1, -0.05) is 218 Å². The number of hydrogen-bond donors (Lipinski definition) is 0. The lowest BCUT2D eigenvalue weighted by atomic mass is 9.99. The Balaban J connectivity index is 0.924. The summed E-state index contributed by atoms with van der Waals surface area (Å²) in [4.78, 5) is 4.86. The fourth-order valence-corrected chi connectivity index (χ4v) is 11.6. The zero-order valence-electron chi connectivity index (χ0n) is 40.0. The van der Waals surface area contributed by atoms with Gasteiger partial charge in [0.2, 0.25) is 0 Å². The van der Waals surface area contributed by atoms with Crippen LogP contribution in [-0.4, -0.2) is 0 Å². The Hall–Kier alpha value is -9.28. The van der Waals surface area contributed by atoms with Crippen molar-refractivity contribution in [3.05, 3.63) is 291 Å². The monoisotopic (exact) mass is 948 g/mol. The molecule has 0 radical (unpaired) electrons. The second-order valence-electron chi connectivity index (χ2n) is 18.5. The molecule has 0 fully saturated rings. The first kappa shape index (κ1) is 43.7. The normalized spacial score (nSPS) is 11.3. The molecule has 0 amide bonds. The molecule has 3 heteroatoms. The highest BCUT2D eigenvalue weighted by Crippen LogP contribution is 2.48. The summed E-state index contributed by atoms with van der Waals surface area (Å²) in [5.74, 6) is 0. The average molecular weight is 949 g/mol. The minimum Gasteiger partial charge on any atom is -0.310 e. The van der Waals surface area contributed by atoms with E-state index in [1.165, 1.54) is 69.9 Å². The summed E-state index contributed by atoms with van der Waals surface area (Å²) in [6.45, 7) is 0. The van der Waals surface area contributed by atoms with Crippen molar-refractivity contribution in [2.24, 2.45) is 0 Å². The van der Waals surface area contributed by atoms with Crippen molar-refractivity contribution in [3.63, 3.8) is 0 Å². The Kier molecular flexibility index (Phi) is 11.5. The molecule has 0 atom stereocenters. The van der Waals surface area contributed by atoms with Gasteiger partial charge in [0.15, 0.2) is 0 Å². The van der Waals surface area contributed by atoms with Crippen LogP contribution in [0.2, 0.25) is 0 Å². The maximum Gasteiger partial charge on any atom is 0.0640 e. The lowest BCUT2D eigenvalue weighted by Crippen LogP contribution is -2.11. The number of para-hydroxylation sites is 1. The minimum atomic E-state index is 1.07. The number of nitrogens with zero attached hydrogens (tertiary/aromatic N) is 2. The molecular weight excluding hydrogens is 901 g/mol. The molecule has 12 aromatic carbocycles. The van der Waals surface area contributed by atoms with Crippen LogP contribution in [-0.2, 0) is 0 Å². The lowest BCUT2D eigenvalue weighted by Gasteiger charge is -2.29. The van der Waals surface area contributed by atoms with E-state index in [2.05, 4.69) is 301 Å². The number of benzene rings is 12. The molecule has 1 aromatic heterocycles. The third-order valence-electron chi connectivity index (χ3n) is 14.0. The van der Waals surface area contributed by atoms with E-state index in [1.807, 2.05) is 11.3 Å². The van der Waals surface area contributed by atoms with Crippen LogP contribution in [0.3, 0.4) is 0 Å². The molecule has 0 aliphatic heterocycles. The van der Waals surface area contributed by atoms with Gasteiger partial charge in [-0.2, -0.15) is 0 Å².